The molecule has 0 aromatic rings. The van der Waals surface area contributed by atoms with Crippen LogP contribution in [0.5, 0.6) is 0 Å². The van der Waals surface area contributed by atoms with Crippen molar-refractivity contribution in [3.63, 3.8) is 0 Å². The number of allylic oxidation sites excluding steroid dienone is 2. The van der Waals surface area contributed by atoms with Crippen molar-refractivity contribution in [3.8, 4) is 0 Å². The van der Waals surface area contributed by atoms with E-state index in [1.54, 1.807) is 0 Å². The van der Waals surface area contributed by atoms with E-state index in [9.17, 15) is 14.4 Å². The predicted molar refractivity (Wildman–Crippen MR) is 109 cm³/mol. The minimum absolute atomic E-state index is 0.0353. The maximum atomic E-state index is 12.3. The van der Waals surface area contributed by atoms with Crippen LogP contribution >= 0.6 is 0 Å². The Morgan fingerprint density at radius 1 is 1.04 bits per heavy atom. The molecule has 1 fully saturated rings. The van der Waals surface area contributed by atoms with Crippen LogP contribution in [0.4, 0.5) is 0 Å². The van der Waals surface area contributed by atoms with Crippen LogP contribution in [-0.2, 0) is 14.4 Å². The molecule has 0 saturated heterocycles. The number of carboxylic acids is 1. The summed E-state index contributed by atoms with van der Waals surface area (Å²) in [6.07, 6.45) is 14.9. The van der Waals surface area contributed by atoms with Gasteiger partial charge in [0, 0.05) is 31.6 Å². The van der Waals surface area contributed by atoms with Crippen LogP contribution in [0.3, 0.4) is 0 Å². The van der Waals surface area contributed by atoms with E-state index in [0.29, 0.717) is 49.1 Å². The third-order valence-corrected chi connectivity index (χ3v) is 5.82. The predicted octanol–water partition coefficient (Wildman–Crippen LogP) is 5.74. The van der Waals surface area contributed by atoms with Crippen molar-refractivity contribution >= 4 is 17.5 Å². The van der Waals surface area contributed by atoms with Crippen LogP contribution in [0.1, 0.15) is 97.3 Å². The molecule has 0 bridgehead atoms. The summed E-state index contributed by atoms with van der Waals surface area (Å²) in [7, 11) is 0. The highest BCUT2D eigenvalue weighted by Crippen LogP contribution is 2.39. The summed E-state index contributed by atoms with van der Waals surface area (Å²) < 4.78 is 0. The number of ketones is 2. The first kappa shape index (κ1) is 23.6. The molecule has 0 heterocycles. The second-order valence-electron chi connectivity index (χ2n) is 8.15. The van der Waals surface area contributed by atoms with Crippen molar-refractivity contribution in [2.75, 3.05) is 0 Å². The normalized spacial score (nSPS) is 22.6. The molecule has 3 atom stereocenters. The second-order valence-corrected chi connectivity index (χ2v) is 8.15. The third kappa shape index (κ3) is 9.88. The Kier molecular flexibility index (Phi) is 12.0. The lowest BCUT2D eigenvalue weighted by atomic mass is 9.83. The first-order valence-electron chi connectivity index (χ1n) is 10.9. The van der Waals surface area contributed by atoms with Gasteiger partial charge >= 0.3 is 5.97 Å². The van der Waals surface area contributed by atoms with Gasteiger partial charge in [0.2, 0.25) is 0 Å². The van der Waals surface area contributed by atoms with Gasteiger partial charge in [-0.1, -0.05) is 51.7 Å². The van der Waals surface area contributed by atoms with E-state index in [1.807, 2.05) is 12.2 Å². The third-order valence-electron chi connectivity index (χ3n) is 5.82. The number of hydrogen-bond donors (Lipinski definition) is 1. The summed E-state index contributed by atoms with van der Waals surface area (Å²) in [6.45, 7) is 4.32. The zero-order valence-corrected chi connectivity index (χ0v) is 17.3. The number of carbonyl (C=O) groups excluding carboxylic acids is 2. The quantitative estimate of drug-likeness (QED) is 0.291. The molecule has 27 heavy (non-hydrogen) atoms. The van der Waals surface area contributed by atoms with Gasteiger partial charge in [-0.05, 0) is 43.9 Å². The Morgan fingerprint density at radius 3 is 2.48 bits per heavy atom. The number of hydrogen-bond acceptors (Lipinski definition) is 3. The zero-order valence-electron chi connectivity index (χ0n) is 17.3. The van der Waals surface area contributed by atoms with Crippen molar-refractivity contribution in [2.24, 2.45) is 17.8 Å². The Bertz CT molecular complexity index is 495. The van der Waals surface area contributed by atoms with Crippen molar-refractivity contribution < 1.29 is 19.5 Å². The molecule has 154 valence electrons. The van der Waals surface area contributed by atoms with E-state index in [2.05, 4.69) is 13.8 Å². The largest absolute Gasteiger partial charge is 0.481 e. The van der Waals surface area contributed by atoms with Gasteiger partial charge in [-0.3, -0.25) is 14.4 Å². The average molecular weight is 379 g/mol. The Labute approximate surface area is 164 Å². The maximum Gasteiger partial charge on any atom is 0.303 e. The minimum Gasteiger partial charge on any atom is -0.481 e. The molecule has 0 spiro atoms. The molecule has 4 nitrogen and oxygen atoms in total. The summed E-state index contributed by atoms with van der Waals surface area (Å²) in [4.78, 5) is 35.0. The molecular formula is C23H38O4. The molecule has 0 aromatic heterocycles. The van der Waals surface area contributed by atoms with Gasteiger partial charge in [0.15, 0.2) is 0 Å². The number of rotatable bonds is 15. The monoisotopic (exact) mass is 378 g/mol. The van der Waals surface area contributed by atoms with Crippen LogP contribution in [-0.4, -0.2) is 22.6 Å². The highest BCUT2D eigenvalue weighted by atomic mass is 16.4. The molecule has 1 aliphatic carbocycles. The van der Waals surface area contributed by atoms with Crippen LogP contribution in [0.2, 0.25) is 0 Å². The van der Waals surface area contributed by atoms with Crippen molar-refractivity contribution in [1.29, 1.82) is 0 Å². The Morgan fingerprint density at radius 2 is 1.78 bits per heavy atom. The summed E-state index contributed by atoms with van der Waals surface area (Å²) in [5, 5.41) is 8.64. The fourth-order valence-electron chi connectivity index (χ4n) is 4.16. The Balaban J connectivity index is 2.33. The fourth-order valence-corrected chi connectivity index (χ4v) is 4.16. The van der Waals surface area contributed by atoms with Crippen LogP contribution in [0, 0.1) is 17.8 Å². The Hall–Kier alpha value is -1.45. The number of carboxylic acid groups (broad SMARTS) is 1. The molecule has 0 amide bonds. The van der Waals surface area contributed by atoms with E-state index in [-0.39, 0.29) is 12.3 Å². The van der Waals surface area contributed by atoms with Crippen molar-refractivity contribution in [2.45, 2.75) is 97.3 Å². The van der Waals surface area contributed by atoms with Gasteiger partial charge in [-0.25, -0.2) is 0 Å². The summed E-state index contributed by atoms with van der Waals surface area (Å²) in [5.41, 5.74) is 0. The van der Waals surface area contributed by atoms with Gasteiger partial charge in [0.1, 0.15) is 11.6 Å². The molecular weight excluding hydrogens is 340 g/mol. The summed E-state index contributed by atoms with van der Waals surface area (Å²) >= 11 is 0. The number of Topliss-reactive ketones (excluding diaryl/α,β-unsaturated/α-hetero) is 2. The van der Waals surface area contributed by atoms with Gasteiger partial charge in [-0.15, -0.1) is 0 Å². The summed E-state index contributed by atoms with van der Waals surface area (Å²) in [5.74, 6) is 0.618. The van der Waals surface area contributed by atoms with Gasteiger partial charge in [-0.2, -0.15) is 0 Å². The molecule has 1 aliphatic rings. The topological polar surface area (TPSA) is 71.4 Å². The van der Waals surface area contributed by atoms with Gasteiger partial charge < -0.3 is 5.11 Å². The summed E-state index contributed by atoms with van der Waals surface area (Å²) in [6, 6.07) is 0. The average Bonchev–Trinajstić information content (AvgIpc) is 2.88. The lowest BCUT2D eigenvalue weighted by molar-refractivity contribution is -0.137. The van der Waals surface area contributed by atoms with Crippen LogP contribution in [0.15, 0.2) is 12.2 Å². The first-order valence-corrected chi connectivity index (χ1v) is 10.9. The molecule has 1 N–H and O–H groups in total. The van der Waals surface area contributed by atoms with E-state index in [1.165, 1.54) is 19.3 Å². The van der Waals surface area contributed by atoms with Gasteiger partial charge in [0.05, 0.1) is 0 Å². The number of carbonyl (C=O) groups is 3. The van der Waals surface area contributed by atoms with E-state index >= 15 is 0 Å². The van der Waals surface area contributed by atoms with E-state index in [0.717, 1.165) is 32.1 Å². The second kappa shape index (κ2) is 13.7. The molecule has 0 aromatic carbocycles. The SMILES string of the molecule is CCCCCCCC(=O)CC[C@H]1[C@H](C)CC(=O)[C@@H]1C/C=C\CCCC(=O)O. The van der Waals surface area contributed by atoms with Crippen molar-refractivity contribution in [3.05, 3.63) is 12.2 Å². The number of aliphatic carboxylic acids is 1. The number of unbranched alkanes of at least 4 members (excludes halogenated alkanes) is 5. The minimum atomic E-state index is -0.765. The highest BCUT2D eigenvalue weighted by molar-refractivity contribution is 5.84. The van der Waals surface area contributed by atoms with Crippen molar-refractivity contribution in [1.82, 2.24) is 0 Å². The first-order chi connectivity index (χ1) is 13.0. The van der Waals surface area contributed by atoms with Crippen LogP contribution in [0.25, 0.3) is 0 Å². The smallest absolute Gasteiger partial charge is 0.303 e. The van der Waals surface area contributed by atoms with Gasteiger partial charge in [0.25, 0.3) is 0 Å². The molecule has 1 rings (SSSR count). The molecule has 0 aliphatic heterocycles. The molecule has 4 heteroatoms. The molecule has 0 radical (unpaired) electrons. The lowest BCUT2D eigenvalue weighted by Crippen LogP contribution is -2.17. The molecule has 1 saturated carbocycles. The zero-order chi connectivity index (χ0) is 20.1. The van der Waals surface area contributed by atoms with Crippen LogP contribution < -0.4 is 0 Å². The molecule has 0 unspecified atom stereocenters. The van der Waals surface area contributed by atoms with E-state index in [4.69, 9.17) is 5.11 Å². The fraction of sp³-hybridized carbons (Fsp3) is 0.783. The standard InChI is InChI=1S/C23H38O4/c1-3-4-5-6-9-12-19(24)15-16-20-18(2)17-22(25)21(20)13-10-7-8-11-14-23(26)27/h7,10,18,20-21H,3-6,8-9,11-17H2,1-2H3,(H,26,27)/b10-7-/t18-,20+,21-/m1/s1. The lowest BCUT2D eigenvalue weighted by Gasteiger charge is -2.20. The maximum absolute atomic E-state index is 12.3. The highest BCUT2D eigenvalue weighted by Gasteiger charge is 2.38. The van der Waals surface area contributed by atoms with E-state index < -0.39 is 5.97 Å².